The number of hydrogen-bond acceptors (Lipinski definition) is 2. The van der Waals surface area contributed by atoms with Gasteiger partial charge in [-0.3, -0.25) is 4.79 Å². The largest absolute Gasteiger partial charge is 0.480 e. The Morgan fingerprint density at radius 1 is 1.47 bits per heavy atom. The smallest absolute Gasteiger partial charge is 0.323 e. The maximum Gasteiger partial charge on any atom is 0.323 e. The summed E-state index contributed by atoms with van der Waals surface area (Å²) in [6.07, 6.45) is 0. The van der Waals surface area contributed by atoms with E-state index < -0.39 is 24.4 Å². The Hall–Kier alpha value is -1.82. The lowest BCUT2D eigenvalue weighted by Gasteiger charge is -2.25. The van der Waals surface area contributed by atoms with Gasteiger partial charge in [0.05, 0.1) is 5.02 Å². The molecule has 0 atom stereocenters. The molecule has 0 saturated heterocycles. The summed E-state index contributed by atoms with van der Waals surface area (Å²) in [5.41, 5.74) is 0.211. The molecule has 0 aromatic heterocycles. The lowest BCUT2D eigenvalue weighted by atomic mass is 10.3. The number of anilines is 1. The number of carboxylic acids is 1. The number of rotatable bonds is 4. The molecular weight excluding hydrogens is 275 g/mol. The van der Waals surface area contributed by atoms with Gasteiger partial charge in [-0.25, -0.2) is 9.18 Å². The van der Waals surface area contributed by atoms with Crippen LogP contribution < -0.4 is 5.32 Å². The quantitative estimate of drug-likeness (QED) is 0.895. The third kappa shape index (κ3) is 4.40. The van der Waals surface area contributed by atoms with Crippen LogP contribution in [0.5, 0.6) is 0 Å². The van der Waals surface area contributed by atoms with Gasteiger partial charge in [0.15, 0.2) is 0 Å². The number of nitrogens with one attached hydrogen (secondary N) is 1. The highest BCUT2D eigenvalue weighted by Gasteiger charge is 2.20. The SMILES string of the molecule is CC(C)N(CC(=O)O)C(=O)Nc1ccc(Cl)c(F)c1. The number of halogens is 2. The standard InChI is InChI=1S/C12H14ClFN2O3/c1-7(2)16(6-11(17)18)12(19)15-8-3-4-9(13)10(14)5-8/h3-5,7H,6H2,1-2H3,(H,15,19)(H,17,18). The van der Waals surface area contributed by atoms with Crippen molar-refractivity contribution in [1.29, 1.82) is 0 Å². The van der Waals surface area contributed by atoms with Gasteiger partial charge in [-0.15, -0.1) is 0 Å². The van der Waals surface area contributed by atoms with Crippen LogP contribution in [0.4, 0.5) is 14.9 Å². The van der Waals surface area contributed by atoms with Gasteiger partial charge >= 0.3 is 12.0 Å². The summed E-state index contributed by atoms with van der Waals surface area (Å²) in [5.74, 6) is -1.78. The second kappa shape index (κ2) is 6.38. The number of hydrogen-bond donors (Lipinski definition) is 2. The van der Waals surface area contributed by atoms with Crippen molar-refractivity contribution in [1.82, 2.24) is 4.90 Å². The summed E-state index contributed by atoms with van der Waals surface area (Å²) in [5, 5.41) is 11.1. The molecule has 7 heteroatoms. The highest BCUT2D eigenvalue weighted by atomic mass is 35.5. The zero-order valence-electron chi connectivity index (χ0n) is 10.5. The van der Waals surface area contributed by atoms with E-state index in [2.05, 4.69) is 5.32 Å². The fraction of sp³-hybridized carbons (Fsp3) is 0.333. The van der Waals surface area contributed by atoms with E-state index in [1.54, 1.807) is 13.8 Å². The van der Waals surface area contributed by atoms with Gasteiger partial charge < -0.3 is 15.3 Å². The van der Waals surface area contributed by atoms with Gasteiger partial charge in [0.1, 0.15) is 12.4 Å². The van der Waals surface area contributed by atoms with Crippen LogP contribution >= 0.6 is 11.6 Å². The van der Waals surface area contributed by atoms with Crippen molar-refractivity contribution in [3.8, 4) is 0 Å². The third-order valence-electron chi connectivity index (χ3n) is 2.36. The van der Waals surface area contributed by atoms with Crippen LogP contribution in [0.3, 0.4) is 0 Å². The number of carboxylic acid groups (broad SMARTS) is 1. The minimum Gasteiger partial charge on any atom is -0.480 e. The summed E-state index contributed by atoms with van der Waals surface area (Å²) in [6, 6.07) is 2.90. The zero-order chi connectivity index (χ0) is 14.6. The Morgan fingerprint density at radius 3 is 2.58 bits per heavy atom. The lowest BCUT2D eigenvalue weighted by molar-refractivity contribution is -0.137. The van der Waals surface area contributed by atoms with E-state index in [0.717, 1.165) is 11.0 Å². The highest BCUT2D eigenvalue weighted by molar-refractivity contribution is 6.30. The first kappa shape index (κ1) is 15.2. The number of urea groups is 1. The molecule has 0 saturated carbocycles. The molecule has 0 heterocycles. The minimum absolute atomic E-state index is 0.0516. The van der Waals surface area contributed by atoms with Crippen molar-refractivity contribution >= 4 is 29.3 Å². The molecule has 0 aliphatic rings. The van der Waals surface area contributed by atoms with Gasteiger partial charge in [0.2, 0.25) is 0 Å². The number of carbonyl (C=O) groups excluding carboxylic acids is 1. The van der Waals surface area contributed by atoms with E-state index in [9.17, 15) is 14.0 Å². The topological polar surface area (TPSA) is 69.6 Å². The second-order valence-electron chi connectivity index (χ2n) is 4.17. The lowest BCUT2D eigenvalue weighted by Crippen LogP contribution is -2.43. The van der Waals surface area contributed by atoms with Crippen LogP contribution in [0, 0.1) is 5.82 Å². The molecule has 0 unspecified atom stereocenters. The minimum atomic E-state index is -1.12. The van der Waals surface area contributed by atoms with Gasteiger partial charge in [0.25, 0.3) is 0 Å². The molecule has 2 amide bonds. The molecule has 0 fully saturated rings. The zero-order valence-corrected chi connectivity index (χ0v) is 11.2. The van der Waals surface area contributed by atoms with Crippen LogP contribution in [0.1, 0.15) is 13.8 Å². The molecule has 0 spiro atoms. The maximum atomic E-state index is 13.2. The number of aliphatic carboxylic acids is 1. The molecule has 0 aliphatic carbocycles. The monoisotopic (exact) mass is 288 g/mol. The predicted molar refractivity (Wildman–Crippen MR) is 69.9 cm³/mol. The summed E-state index contributed by atoms with van der Waals surface area (Å²) in [4.78, 5) is 23.7. The number of amides is 2. The first-order valence-electron chi connectivity index (χ1n) is 5.55. The fourth-order valence-electron chi connectivity index (χ4n) is 1.40. The van der Waals surface area contributed by atoms with Crippen LogP contribution in [0.2, 0.25) is 5.02 Å². The summed E-state index contributed by atoms with van der Waals surface area (Å²) < 4.78 is 13.2. The molecule has 0 bridgehead atoms. The van der Waals surface area contributed by atoms with E-state index in [1.165, 1.54) is 12.1 Å². The molecule has 1 rings (SSSR count). The number of nitrogens with zero attached hydrogens (tertiary/aromatic N) is 1. The summed E-state index contributed by atoms with van der Waals surface area (Å²) >= 11 is 5.52. The number of benzene rings is 1. The molecule has 0 radical (unpaired) electrons. The normalized spacial score (nSPS) is 10.4. The summed E-state index contributed by atoms with van der Waals surface area (Å²) in [7, 11) is 0. The summed E-state index contributed by atoms with van der Waals surface area (Å²) in [6.45, 7) is 2.94. The highest BCUT2D eigenvalue weighted by Crippen LogP contribution is 2.19. The van der Waals surface area contributed by atoms with Gasteiger partial charge in [-0.05, 0) is 32.0 Å². The van der Waals surface area contributed by atoms with Crippen LogP contribution in [-0.2, 0) is 4.79 Å². The molecule has 1 aromatic rings. The van der Waals surface area contributed by atoms with Crippen molar-refractivity contribution < 1.29 is 19.1 Å². The third-order valence-corrected chi connectivity index (χ3v) is 2.67. The van der Waals surface area contributed by atoms with Gasteiger partial charge in [-0.2, -0.15) is 0 Å². The molecule has 1 aromatic carbocycles. The van der Waals surface area contributed by atoms with Crippen molar-refractivity contribution in [2.45, 2.75) is 19.9 Å². The number of carbonyl (C=O) groups is 2. The van der Waals surface area contributed by atoms with Crippen molar-refractivity contribution in [2.75, 3.05) is 11.9 Å². The molecule has 5 nitrogen and oxygen atoms in total. The van der Waals surface area contributed by atoms with Crippen LogP contribution in [0.25, 0.3) is 0 Å². The molecule has 104 valence electrons. The van der Waals surface area contributed by atoms with Crippen molar-refractivity contribution in [3.63, 3.8) is 0 Å². The van der Waals surface area contributed by atoms with Crippen LogP contribution in [0.15, 0.2) is 18.2 Å². The Labute approximate surface area is 115 Å². The van der Waals surface area contributed by atoms with E-state index in [4.69, 9.17) is 16.7 Å². The predicted octanol–water partition coefficient (Wildman–Crippen LogP) is 2.81. The average molecular weight is 289 g/mol. The van der Waals surface area contributed by atoms with E-state index in [0.29, 0.717) is 0 Å². The van der Waals surface area contributed by atoms with Crippen molar-refractivity contribution in [2.24, 2.45) is 0 Å². The molecule has 2 N–H and O–H groups in total. The van der Waals surface area contributed by atoms with E-state index in [1.807, 2.05) is 0 Å². The first-order valence-corrected chi connectivity index (χ1v) is 5.93. The molecule has 19 heavy (non-hydrogen) atoms. The fourth-order valence-corrected chi connectivity index (χ4v) is 1.52. The molecule has 0 aliphatic heterocycles. The van der Waals surface area contributed by atoms with E-state index in [-0.39, 0.29) is 16.8 Å². The van der Waals surface area contributed by atoms with E-state index >= 15 is 0 Å². The second-order valence-corrected chi connectivity index (χ2v) is 4.58. The first-order chi connectivity index (χ1) is 8.81. The van der Waals surface area contributed by atoms with Gasteiger partial charge in [0, 0.05) is 11.7 Å². The maximum absolute atomic E-state index is 13.2. The molecular formula is C12H14ClFN2O3. The Bertz CT molecular complexity index is 494. The van der Waals surface area contributed by atoms with Crippen LogP contribution in [-0.4, -0.2) is 34.6 Å². The van der Waals surface area contributed by atoms with Gasteiger partial charge in [-0.1, -0.05) is 11.6 Å². The Morgan fingerprint density at radius 2 is 2.11 bits per heavy atom. The van der Waals surface area contributed by atoms with Crippen molar-refractivity contribution in [3.05, 3.63) is 29.0 Å². The Balaban J connectivity index is 2.81. The average Bonchev–Trinajstić information content (AvgIpc) is 2.30. The Kier molecular flexibility index (Phi) is 5.11.